The molecule has 162 valence electrons. The van der Waals surface area contributed by atoms with E-state index in [0.29, 0.717) is 6.42 Å². The highest BCUT2D eigenvalue weighted by atomic mass is 32.2. The molecule has 0 saturated carbocycles. The second kappa shape index (κ2) is 7.43. The summed E-state index contributed by atoms with van der Waals surface area (Å²) in [6, 6.07) is -0.246. The van der Waals surface area contributed by atoms with Gasteiger partial charge in [0.05, 0.1) is 22.6 Å². The number of carbonyl (C=O) groups is 1. The average molecular weight is 446 g/mol. The van der Waals surface area contributed by atoms with Gasteiger partial charge < -0.3 is 4.74 Å². The van der Waals surface area contributed by atoms with Crippen LogP contribution in [0.1, 0.15) is 17.5 Å². The number of hydrogen-bond acceptors (Lipinski definition) is 5. The molecule has 0 spiro atoms. The first-order chi connectivity index (χ1) is 13.3. The maximum atomic E-state index is 13.0. The van der Waals surface area contributed by atoms with Crippen LogP contribution in [0.5, 0.6) is 0 Å². The molecular formula is C16H16F6N2O4S. The van der Waals surface area contributed by atoms with Gasteiger partial charge in [0.25, 0.3) is 0 Å². The molecule has 29 heavy (non-hydrogen) atoms. The Bertz CT molecular complexity index is 859. The number of esters is 1. The Morgan fingerprint density at radius 1 is 0.897 bits per heavy atom. The molecule has 1 atom stereocenters. The monoisotopic (exact) mass is 446 g/mol. The van der Waals surface area contributed by atoms with Crippen LogP contribution in [0.2, 0.25) is 0 Å². The fourth-order valence-electron chi connectivity index (χ4n) is 3.30. The van der Waals surface area contributed by atoms with Gasteiger partial charge in [-0.05, 0) is 18.2 Å². The van der Waals surface area contributed by atoms with Gasteiger partial charge in [-0.3, -0.25) is 9.69 Å². The molecule has 2 aliphatic rings. The van der Waals surface area contributed by atoms with Crippen LogP contribution in [-0.2, 0) is 31.9 Å². The molecule has 6 nitrogen and oxygen atoms in total. The van der Waals surface area contributed by atoms with Gasteiger partial charge in [0.15, 0.2) is 0 Å². The fourth-order valence-corrected chi connectivity index (χ4v) is 4.79. The molecule has 1 unspecified atom stereocenters. The largest absolute Gasteiger partial charge is 0.464 e. The van der Waals surface area contributed by atoms with E-state index in [4.69, 9.17) is 4.74 Å². The summed E-state index contributed by atoms with van der Waals surface area (Å²) in [6.07, 6.45) is -9.85. The van der Waals surface area contributed by atoms with Crippen molar-refractivity contribution in [2.75, 3.05) is 32.8 Å². The molecule has 0 radical (unpaired) electrons. The fraction of sp³-hybridized carbons (Fsp3) is 0.562. The lowest BCUT2D eigenvalue weighted by atomic mass is 10.1. The number of sulfonamides is 1. The van der Waals surface area contributed by atoms with E-state index in [2.05, 4.69) is 0 Å². The van der Waals surface area contributed by atoms with E-state index in [1.165, 1.54) is 0 Å². The van der Waals surface area contributed by atoms with Crippen molar-refractivity contribution in [3.8, 4) is 0 Å². The summed E-state index contributed by atoms with van der Waals surface area (Å²) >= 11 is 0. The number of cyclic esters (lactones) is 1. The normalized spacial score (nSPS) is 22.7. The Labute approximate surface area is 162 Å². The van der Waals surface area contributed by atoms with Gasteiger partial charge in [-0.2, -0.15) is 30.6 Å². The minimum Gasteiger partial charge on any atom is -0.464 e. The minimum absolute atomic E-state index is 0.101. The summed E-state index contributed by atoms with van der Waals surface area (Å²) < 4.78 is 109. The zero-order valence-corrected chi connectivity index (χ0v) is 15.6. The number of benzene rings is 1. The quantitative estimate of drug-likeness (QED) is 0.527. The third-order valence-corrected chi connectivity index (χ3v) is 6.70. The predicted molar refractivity (Wildman–Crippen MR) is 86.1 cm³/mol. The number of piperazine rings is 1. The molecule has 3 rings (SSSR count). The summed E-state index contributed by atoms with van der Waals surface area (Å²) in [7, 11) is -4.60. The summed E-state index contributed by atoms with van der Waals surface area (Å²) in [6.45, 7) is 0.0913. The number of alkyl halides is 6. The second-order valence-corrected chi connectivity index (χ2v) is 8.59. The first kappa shape index (κ1) is 21.8. The van der Waals surface area contributed by atoms with E-state index in [1.54, 1.807) is 4.90 Å². The molecule has 2 heterocycles. The molecule has 0 aliphatic carbocycles. The van der Waals surface area contributed by atoms with Crippen molar-refractivity contribution in [1.82, 2.24) is 9.21 Å². The van der Waals surface area contributed by atoms with Gasteiger partial charge in [0.2, 0.25) is 10.0 Å². The topological polar surface area (TPSA) is 66.9 Å². The van der Waals surface area contributed by atoms with Crippen molar-refractivity contribution in [2.45, 2.75) is 29.7 Å². The van der Waals surface area contributed by atoms with Crippen LogP contribution in [0, 0.1) is 0 Å². The molecule has 2 saturated heterocycles. The maximum absolute atomic E-state index is 13.0. The van der Waals surface area contributed by atoms with E-state index in [1.807, 2.05) is 0 Å². The Morgan fingerprint density at radius 3 is 1.83 bits per heavy atom. The zero-order chi connectivity index (χ0) is 21.6. The van der Waals surface area contributed by atoms with Crippen LogP contribution >= 0.6 is 0 Å². The minimum atomic E-state index is -5.15. The molecule has 1 aromatic carbocycles. The molecule has 13 heteroatoms. The predicted octanol–water partition coefficient (Wildman–Crippen LogP) is 2.35. The van der Waals surface area contributed by atoms with Gasteiger partial charge in [0.1, 0.15) is 6.04 Å². The highest BCUT2D eigenvalue weighted by molar-refractivity contribution is 7.89. The van der Waals surface area contributed by atoms with Gasteiger partial charge in [0, 0.05) is 32.6 Å². The molecule has 0 N–H and O–H groups in total. The van der Waals surface area contributed by atoms with Gasteiger partial charge in [-0.15, -0.1) is 0 Å². The molecule has 0 bridgehead atoms. The van der Waals surface area contributed by atoms with Crippen LogP contribution in [0.4, 0.5) is 26.3 Å². The summed E-state index contributed by atoms with van der Waals surface area (Å²) in [5.74, 6) is -0.436. The highest BCUT2D eigenvalue weighted by Crippen LogP contribution is 2.38. The van der Waals surface area contributed by atoms with Crippen molar-refractivity contribution in [1.29, 1.82) is 0 Å². The van der Waals surface area contributed by atoms with E-state index in [-0.39, 0.29) is 51.0 Å². The summed E-state index contributed by atoms with van der Waals surface area (Å²) in [5, 5.41) is 0. The van der Waals surface area contributed by atoms with Crippen molar-refractivity contribution >= 4 is 16.0 Å². The van der Waals surface area contributed by atoms with E-state index in [0.717, 1.165) is 4.31 Å². The highest BCUT2D eigenvalue weighted by Gasteiger charge is 2.40. The Hall–Kier alpha value is -1.86. The van der Waals surface area contributed by atoms with E-state index >= 15 is 0 Å². The first-order valence-electron chi connectivity index (χ1n) is 8.50. The lowest BCUT2D eigenvalue weighted by Crippen LogP contribution is -2.53. The summed E-state index contributed by atoms with van der Waals surface area (Å²) in [4.78, 5) is 12.2. The number of rotatable bonds is 3. The zero-order valence-electron chi connectivity index (χ0n) is 14.8. The smallest absolute Gasteiger partial charge is 0.416 e. The third-order valence-electron chi connectivity index (χ3n) is 4.82. The van der Waals surface area contributed by atoms with Crippen LogP contribution in [0.3, 0.4) is 0 Å². The van der Waals surface area contributed by atoms with Crippen molar-refractivity contribution in [2.24, 2.45) is 0 Å². The van der Waals surface area contributed by atoms with Gasteiger partial charge >= 0.3 is 18.3 Å². The van der Waals surface area contributed by atoms with Crippen LogP contribution in [0.15, 0.2) is 23.1 Å². The molecular weight excluding hydrogens is 430 g/mol. The number of ether oxygens (including phenoxy) is 1. The SMILES string of the molecule is O=C1OCCC1N1CCN(S(=O)(=O)c2cc(C(F)(F)F)cc(C(F)(F)F)c2)CC1. The van der Waals surface area contributed by atoms with Crippen molar-refractivity contribution in [3.63, 3.8) is 0 Å². The number of hydrogen-bond donors (Lipinski definition) is 0. The van der Waals surface area contributed by atoms with Gasteiger partial charge in [-0.25, -0.2) is 8.42 Å². The Balaban J connectivity index is 1.87. The van der Waals surface area contributed by atoms with Crippen LogP contribution in [-0.4, -0.2) is 62.4 Å². The summed E-state index contributed by atoms with van der Waals surface area (Å²) in [5.41, 5.74) is -3.39. The molecule has 0 aromatic heterocycles. The maximum Gasteiger partial charge on any atom is 0.416 e. The first-order valence-corrected chi connectivity index (χ1v) is 9.94. The van der Waals surface area contributed by atoms with Gasteiger partial charge in [-0.1, -0.05) is 0 Å². The lowest BCUT2D eigenvalue weighted by Gasteiger charge is -2.35. The van der Waals surface area contributed by atoms with Crippen molar-refractivity contribution in [3.05, 3.63) is 29.3 Å². The molecule has 2 fully saturated rings. The van der Waals surface area contributed by atoms with Crippen LogP contribution in [0.25, 0.3) is 0 Å². The van der Waals surface area contributed by atoms with E-state index in [9.17, 15) is 39.6 Å². The molecule has 2 aliphatic heterocycles. The third kappa shape index (κ3) is 4.51. The number of nitrogens with zero attached hydrogens (tertiary/aromatic N) is 2. The Morgan fingerprint density at radius 2 is 1.41 bits per heavy atom. The van der Waals surface area contributed by atoms with E-state index < -0.39 is 50.4 Å². The Kier molecular flexibility index (Phi) is 5.60. The lowest BCUT2D eigenvalue weighted by molar-refractivity contribution is -0.144. The number of carbonyl (C=O) groups excluding carboxylic acids is 1. The molecule has 0 amide bonds. The standard InChI is InChI=1S/C16H16F6N2O4S/c17-15(18,19)10-7-11(16(20,21)22)9-12(8-10)29(26,27)24-4-2-23(3-5-24)13-1-6-28-14(13)25/h7-9,13H,1-6H2. The number of halogens is 6. The van der Waals surface area contributed by atoms with Crippen molar-refractivity contribution < 1.29 is 44.3 Å². The average Bonchev–Trinajstić information content (AvgIpc) is 3.06. The second-order valence-electron chi connectivity index (χ2n) is 6.65. The molecule has 1 aromatic rings. The van der Waals surface area contributed by atoms with Crippen LogP contribution < -0.4 is 0 Å².